The van der Waals surface area contributed by atoms with Crippen molar-refractivity contribution in [3.05, 3.63) is 52.8 Å². The molecule has 0 saturated carbocycles. The van der Waals surface area contributed by atoms with Gasteiger partial charge in [-0.3, -0.25) is 4.55 Å². The summed E-state index contributed by atoms with van der Waals surface area (Å²) < 4.78 is 85.7. The standard InChI is InChI=1S/C25H35F3N2O5S/c1-6-18-20(26)23(21(27)22(28)24(18)36(31,32)33)35-12-11-34-17-9-7-16(8-10-17)19(13-25(4,5)30)14(2)15(3)29/h7-10,14-15,19H,6,11-13,29-30H2,1-5H3,(H,31,32,33). The van der Waals surface area contributed by atoms with Crippen molar-refractivity contribution in [2.75, 3.05) is 13.2 Å². The Labute approximate surface area is 210 Å². The Bertz CT molecular complexity index is 1150. The first-order valence-corrected chi connectivity index (χ1v) is 13.1. The van der Waals surface area contributed by atoms with Crippen molar-refractivity contribution < 1.29 is 35.6 Å². The van der Waals surface area contributed by atoms with Gasteiger partial charge >= 0.3 is 0 Å². The molecule has 2 aromatic carbocycles. The van der Waals surface area contributed by atoms with Crippen LogP contribution in [0.25, 0.3) is 0 Å². The third-order valence-electron chi connectivity index (χ3n) is 6.06. The summed E-state index contributed by atoms with van der Waals surface area (Å²) in [5.41, 5.74) is 12.3. The average Bonchev–Trinajstić information content (AvgIpc) is 2.77. The molecule has 0 amide bonds. The third-order valence-corrected chi connectivity index (χ3v) is 7.00. The van der Waals surface area contributed by atoms with Gasteiger partial charge in [0, 0.05) is 17.1 Å². The predicted molar refractivity (Wildman–Crippen MR) is 131 cm³/mol. The van der Waals surface area contributed by atoms with Crippen LogP contribution in [0.1, 0.15) is 58.1 Å². The molecule has 2 rings (SSSR count). The first-order valence-electron chi connectivity index (χ1n) is 11.6. The highest BCUT2D eigenvalue weighted by molar-refractivity contribution is 7.85. The second kappa shape index (κ2) is 11.8. The maximum absolute atomic E-state index is 14.6. The molecule has 0 saturated heterocycles. The van der Waals surface area contributed by atoms with Crippen molar-refractivity contribution in [1.82, 2.24) is 0 Å². The summed E-state index contributed by atoms with van der Waals surface area (Å²) in [5, 5.41) is 0. The van der Waals surface area contributed by atoms with Crippen LogP contribution in [0.5, 0.6) is 11.5 Å². The molecular weight excluding hydrogens is 497 g/mol. The number of halogens is 3. The molecule has 0 aliphatic carbocycles. The maximum Gasteiger partial charge on any atom is 0.297 e. The fourth-order valence-electron chi connectivity index (χ4n) is 4.03. The highest BCUT2D eigenvalue weighted by atomic mass is 32.2. The second-order valence-electron chi connectivity index (χ2n) is 9.69. The molecule has 0 spiro atoms. The van der Waals surface area contributed by atoms with Gasteiger partial charge in [0.25, 0.3) is 10.1 Å². The Morgan fingerprint density at radius 1 is 1.00 bits per heavy atom. The number of rotatable bonds is 12. The van der Waals surface area contributed by atoms with Gasteiger partial charge in [0.2, 0.25) is 5.82 Å². The Morgan fingerprint density at radius 2 is 1.56 bits per heavy atom. The van der Waals surface area contributed by atoms with Crippen LogP contribution in [-0.4, -0.2) is 37.8 Å². The predicted octanol–water partition coefficient (Wildman–Crippen LogP) is 4.57. The van der Waals surface area contributed by atoms with Gasteiger partial charge < -0.3 is 20.9 Å². The van der Waals surface area contributed by atoms with E-state index in [9.17, 15) is 21.6 Å². The summed E-state index contributed by atoms with van der Waals surface area (Å²) >= 11 is 0. The highest BCUT2D eigenvalue weighted by Crippen LogP contribution is 2.35. The minimum Gasteiger partial charge on any atom is -0.490 e. The largest absolute Gasteiger partial charge is 0.490 e. The lowest BCUT2D eigenvalue weighted by atomic mass is 9.76. The van der Waals surface area contributed by atoms with E-state index in [0.717, 1.165) is 12.0 Å². The fraction of sp³-hybridized carbons (Fsp3) is 0.520. The molecule has 5 N–H and O–H groups in total. The lowest BCUT2D eigenvalue weighted by molar-refractivity contribution is 0.201. The lowest BCUT2D eigenvalue weighted by Gasteiger charge is -2.32. The number of benzene rings is 2. The van der Waals surface area contributed by atoms with Gasteiger partial charge in [-0.15, -0.1) is 0 Å². The van der Waals surface area contributed by atoms with E-state index in [2.05, 4.69) is 6.92 Å². The van der Waals surface area contributed by atoms with Gasteiger partial charge in [0.05, 0.1) is 0 Å². The smallest absolute Gasteiger partial charge is 0.297 e. The van der Waals surface area contributed by atoms with Gasteiger partial charge in [-0.2, -0.15) is 12.8 Å². The van der Waals surface area contributed by atoms with Gasteiger partial charge in [-0.1, -0.05) is 26.0 Å². The van der Waals surface area contributed by atoms with Crippen LogP contribution < -0.4 is 20.9 Å². The molecule has 0 fully saturated rings. The second-order valence-corrected chi connectivity index (χ2v) is 11.0. The van der Waals surface area contributed by atoms with Crippen LogP contribution in [0.2, 0.25) is 0 Å². The van der Waals surface area contributed by atoms with Crippen molar-refractivity contribution >= 4 is 10.1 Å². The SMILES string of the molecule is CCc1c(F)c(OCCOc2ccc(C(CC(C)(C)N)C(C)C(C)N)cc2)c(F)c(F)c1S(=O)(=O)O. The molecule has 3 atom stereocenters. The number of nitrogens with two attached hydrogens (primary N) is 2. The monoisotopic (exact) mass is 532 g/mol. The van der Waals surface area contributed by atoms with E-state index >= 15 is 0 Å². The summed E-state index contributed by atoms with van der Waals surface area (Å²) in [7, 11) is -5.18. The van der Waals surface area contributed by atoms with Crippen molar-refractivity contribution in [3.63, 3.8) is 0 Å². The van der Waals surface area contributed by atoms with Gasteiger partial charge in [0.1, 0.15) is 23.9 Å². The zero-order valence-electron chi connectivity index (χ0n) is 21.1. The Hall–Kier alpha value is -2.34. The summed E-state index contributed by atoms with van der Waals surface area (Å²) in [6, 6.07) is 7.27. The van der Waals surface area contributed by atoms with E-state index in [-0.39, 0.29) is 43.1 Å². The highest BCUT2D eigenvalue weighted by Gasteiger charge is 2.32. The number of hydrogen-bond acceptors (Lipinski definition) is 6. The van der Waals surface area contributed by atoms with E-state index in [0.29, 0.717) is 5.75 Å². The first kappa shape index (κ1) is 29.9. The van der Waals surface area contributed by atoms with Crippen molar-refractivity contribution in [3.8, 4) is 11.5 Å². The van der Waals surface area contributed by atoms with Crippen LogP contribution in [0.4, 0.5) is 13.2 Å². The Balaban J connectivity index is 2.11. The van der Waals surface area contributed by atoms with E-state index in [1.807, 2.05) is 32.9 Å². The van der Waals surface area contributed by atoms with Crippen molar-refractivity contribution in [2.24, 2.45) is 17.4 Å². The minimum atomic E-state index is -5.18. The molecule has 7 nitrogen and oxygen atoms in total. The normalized spacial score (nSPS) is 14.9. The van der Waals surface area contributed by atoms with Crippen molar-refractivity contribution in [1.29, 1.82) is 0 Å². The van der Waals surface area contributed by atoms with Crippen LogP contribution in [0.15, 0.2) is 29.2 Å². The molecule has 11 heteroatoms. The fourth-order valence-corrected chi connectivity index (χ4v) is 4.89. The van der Waals surface area contributed by atoms with Gasteiger partial charge in [0.15, 0.2) is 17.4 Å². The zero-order valence-corrected chi connectivity index (χ0v) is 22.0. The molecule has 0 aliphatic rings. The molecule has 0 radical (unpaired) electrons. The zero-order chi connectivity index (χ0) is 27.4. The maximum atomic E-state index is 14.6. The number of ether oxygens (including phenoxy) is 2. The first-order chi connectivity index (χ1) is 16.6. The topological polar surface area (TPSA) is 125 Å². The lowest BCUT2D eigenvalue weighted by Crippen LogP contribution is -2.38. The van der Waals surface area contributed by atoms with E-state index in [4.69, 9.17) is 25.5 Å². The average molecular weight is 533 g/mol. The Kier molecular flexibility index (Phi) is 9.80. The third kappa shape index (κ3) is 7.34. The van der Waals surface area contributed by atoms with E-state index in [1.165, 1.54) is 6.92 Å². The van der Waals surface area contributed by atoms with E-state index in [1.54, 1.807) is 12.1 Å². The van der Waals surface area contributed by atoms with E-state index < -0.39 is 43.8 Å². The number of hydrogen-bond donors (Lipinski definition) is 3. The molecule has 0 heterocycles. The molecule has 0 aromatic heterocycles. The quantitative estimate of drug-likeness (QED) is 0.208. The molecular formula is C25H35F3N2O5S. The summed E-state index contributed by atoms with van der Waals surface area (Å²) in [5.74, 6) is -5.44. The molecule has 0 bridgehead atoms. The van der Waals surface area contributed by atoms with Crippen LogP contribution in [0, 0.1) is 23.4 Å². The summed E-state index contributed by atoms with van der Waals surface area (Å²) in [4.78, 5) is -1.43. The van der Waals surface area contributed by atoms with Crippen LogP contribution >= 0.6 is 0 Å². The van der Waals surface area contributed by atoms with Crippen LogP contribution in [-0.2, 0) is 16.5 Å². The molecule has 2 aromatic rings. The van der Waals surface area contributed by atoms with Gasteiger partial charge in [-0.25, -0.2) is 8.78 Å². The molecule has 36 heavy (non-hydrogen) atoms. The molecule has 3 unspecified atom stereocenters. The summed E-state index contributed by atoms with van der Waals surface area (Å²) in [6.45, 7) is 8.80. The molecule has 202 valence electrons. The van der Waals surface area contributed by atoms with Crippen LogP contribution in [0.3, 0.4) is 0 Å². The summed E-state index contributed by atoms with van der Waals surface area (Å²) in [6.07, 6.45) is 0.412. The molecule has 0 aliphatic heterocycles. The minimum absolute atomic E-state index is 0.0316. The van der Waals surface area contributed by atoms with Crippen molar-refractivity contribution in [2.45, 2.75) is 69.9 Å². The van der Waals surface area contributed by atoms with Gasteiger partial charge in [-0.05, 0) is 63.1 Å². The Morgan fingerprint density at radius 3 is 2.03 bits per heavy atom.